The molecule has 2 aliphatic heterocycles. The minimum atomic E-state index is -0.680. The Balaban J connectivity index is 1.02. The first-order chi connectivity index (χ1) is 33.0. The van der Waals surface area contributed by atoms with Gasteiger partial charge in [-0.25, -0.2) is 9.59 Å². The molecule has 68 heavy (non-hydrogen) atoms. The van der Waals surface area contributed by atoms with Crippen LogP contribution in [0.1, 0.15) is 69.2 Å². The molecule has 0 N–H and O–H groups in total. The molecule has 2 saturated heterocycles. The van der Waals surface area contributed by atoms with Gasteiger partial charge in [-0.3, -0.25) is 0 Å². The van der Waals surface area contributed by atoms with Crippen LogP contribution in [0, 0.1) is 10.8 Å². The summed E-state index contributed by atoms with van der Waals surface area (Å²) in [4.78, 5) is 25.2. The van der Waals surface area contributed by atoms with Crippen molar-refractivity contribution in [2.45, 2.75) is 64.6 Å². The van der Waals surface area contributed by atoms with Crippen LogP contribution in [0.15, 0.2) is 121 Å². The Morgan fingerprint density at radius 3 is 1.38 bits per heavy atom. The Bertz CT molecular complexity index is 2240. The highest BCUT2D eigenvalue weighted by Gasteiger charge is 2.46. The molecule has 7 rings (SSSR count). The quantitative estimate of drug-likeness (QED) is 0.0258. The van der Waals surface area contributed by atoms with E-state index in [9.17, 15) is 9.59 Å². The van der Waals surface area contributed by atoms with Crippen molar-refractivity contribution in [3.8, 4) is 22.6 Å². The predicted molar refractivity (Wildman–Crippen MR) is 259 cm³/mol. The zero-order valence-electron chi connectivity index (χ0n) is 40.2. The topological polar surface area (TPSA) is 126 Å². The van der Waals surface area contributed by atoms with Crippen LogP contribution < -0.4 is 9.47 Å². The number of carbonyl (C=O) groups excluding carboxylic acids is 2. The van der Waals surface area contributed by atoms with Crippen molar-refractivity contribution in [1.29, 1.82) is 0 Å². The van der Waals surface area contributed by atoms with E-state index in [1.165, 1.54) is 0 Å². The second-order valence-corrected chi connectivity index (χ2v) is 18.4. The first-order valence-electron chi connectivity index (χ1n) is 23.9. The summed E-state index contributed by atoms with van der Waals surface area (Å²) in [6.07, 6.45) is 1.70. The number of fused-ring (bicyclic) bond motifs is 3. The van der Waals surface area contributed by atoms with E-state index in [2.05, 4.69) is 99.8 Å². The third kappa shape index (κ3) is 12.1. The fraction of sp³-hybridized carbons (Fsp3) is 0.464. The number of benzene rings is 4. The Kier molecular flexibility index (Phi) is 17.7. The minimum absolute atomic E-state index is 0.0811. The van der Waals surface area contributed by atoms with Gasteiger partial charge in [0.25, 0.3) is 0 Å². The van der Waals surface area contributed by atoms with Crippen molar-refractivity contribution in [3.05, 3.63) is 144 Å². The molecule has 12 heteroatoms. The van der Waals surface area contributed by atoms with Crippen LogP contribution in [-0.2, 0) is 52.9 Å². The van der Waals surface area contributed by atoms with Crippen LogP contribution in [-0.4, -0.2) is 117 Å². The maximum Gasteiger partial charge on any atom is 0.333 e. The predicted octanol–water partition coefficient (Wildman–Crippen LogP) is 9.09. The Hall–Kier alpha value is -5.34. The largest absolute Gasteiger partial charge is 0.490 e. The molecule has 2 atom stereocenters. The molecule has 0 amide bonds. The molecule has 0 saturated carbocycles. The maximum absolute atomic E-state index is 12.6. The molecular formula is C56H68O12. The van der Waals surface area contributed by atoms with Crippen molar-refractivity contribution in [2.24, 2.45) is 10.8 Å². The highest BCUT2D eigenvalue weighted by Crippen LogP contribution is 2.56. The first kappa shape index (κ1) is 50.5. The lowest BCUT2D eigenvalue weighted by Crippen LogP contribution is -2.45. The van der Waals surface area contributed by atoms with Crippen molar-refractivity contribution in [3.63, 3.8) is 0 Å². The summed E-state index contributed by atoms with van der Waals surface area (Å²) in [6, 6.07) is 33.2. The van der Waals surface area contributed by atoms with Gasteiger partial charge in [0.15, 0.2) is 12.2 Å². The lowest BCUT2D eigenvalue weighted by Gasteiger charge is -2.40. The van der Waals surface area contributed by atoms with E-state index in [4.69, 9.17) is 47.4 Å². The van der Waals surface area contributed by atoms with Crippen molar-refractivity contribution in [1.82, 2.24) is 0 Å². The molecule has 0 aromatic heterocycles. The van der Waals surface area contributed by atoms with Gasteiger partial charge >= 0.3 is 11.9 Å². The summed E-state index contributed by atoms with van der Waals surface area (Å²) in [5.41, 5.74) is 6.94. The highest BCUT2D eigenvalue weighted by atomic mass is 16.6. The lowest BCUT2D eigenvalue weighted by atomic mass is 9.68. The summed E-state index contributed by atoms with van der Waals surface area (Å²) in [7, 11) is 0. The summed E-state index contributed by atoms with van der Waals surface area (Å²) >= 11 is 0. The molecule has 0 spiro atoms. The van der Waals surface area contributed by atoms with E-state index in [1.54, 1.807) is 13.8 Å². The molecule has 12 nitrogen and oxygen atoms in total. The Labute approximate surface area is 401 Å². The number of hydrogen-bond acceptors (Lipinski definition) is 12. The van der Waals surface area contributed by atoms with Gasteiger partial charge in [-0.15, -0.1) is 0 Å². The minimum Gasteiger partial charge on any atom is -0.490 e. The average Bonchev–Trinajstić information content (AvgIpc) is 3.63. The van der Waals surface area contributed by atoms with E-state index in [0.717, 1.165) is 79.1 Å². The standard InChI is InChI=1S/C56H68O12/c1-7-54(35-63-36-54)25-26-59-27-28-60-31-46(67-52(57)40(3)4)33-65-44-21-17-42(18-22-44)56(50-15-11-9-13-48(50)49-14-10-12-16-51(49)56)43-19-23-45(24-20-43)66-34-47(68-53(58)41(5)6)32-61-29-30-62-37-55(8-2)38-64-39-55/h9-24,46-47H,3,5,7-8,25-39H2,1-2,4,6H3. The number of ether oxygens (including phenoxy) is 10. The van der Waals surface area contributed by atoms with Gasteiger partial charge in [0.1, 0.15) is 24.7 Å². The third-order valence-corrected chi connectivity index (χ3v) is 13.3. The summed E-state index contributed by atoms with van der Waals surface area (Å²) in [5, 5.41) is 0. The molecule has 2 heterocycles. The van der Waals surface area contributed by atoms with Gasteiger partial charge in [-0.05, 0) is 90.8 Å². The monoisotopic (exact) mass is 932 g/mol. The molecule has 3 aliphatic rings. The van der Waals surface area contributed by atoms with Gasteiger partial charge in [0.05, 0.1) is 78.1 Å². The number of rotatable bonds is 29. The van der Waals surface area contributed by atoms with Crippen LogP contribution in [0.2, 0.25) is 0 Å². The Morgan fingerprint density at radius 2 is 0.971 bits per heavy atom. The van der Waals surface area contributed by atoms with E-state index in [1.807, 2.05) is 24.3 Å². The van der Waals surface area contributed by atoms with Crippen molar-refractivity contribution < 1.29 is 57.0 Å². The molecule has 0 bridgehead atoms. The van der Waals surface area contributed by atoms with E-state index in [0.29, 0.717) is 62.3 Å². The smallest absolute Gasteiger partial charge is 0.333 e. The van der Waals surface area contributed by atoms with E-state index < -0.39 is 29.6 Å². The summed E-state index contributed by atoms with van der Waals surface area (Å²) in [6.45, 7) is 21.4. The van der Waals surface area contributed by atoms with Crippen LogP contribution >= 0.6 is 0 Å². The molecular weight excluding hydrogens is 865 g/mol. The number of esters is 2. The molecule has 1 aliphatic carbocycles. The second-order valence-electron chi connectivity index (χ2n) is 18.4. The molecule has 4 aromatic rings. The number of hydrogen-bond donors (Lipinski definition) is 0. The fourth-order valence-electron chi connectivity index (χ4n) is 8.78. The SMILES string of the molecule is C=C(C)C(=O)OC(COCCOCCC1(CC)COC1)COc1ccc(C2(c3ccc(OCC(COCCOCC4(CC)COC4)OC(=O)C(=C)C)cc3)c3ccccc3-c3ccccc32)cc1. The van der Waals surface area contributed by atoms with Gasteiger partial charge in [0, 0.05) is 28.6 Å². The van der Waals surface area contributed by atoms with E-state index >= 15 is 0 Å². The van der Waals surface area contributed by atoms with Gasteiger partial charge < -0.3 is 47.4 Å². The molecule has 0 radical (unpaired) electrons. The molecule has 2 fully saturated rings. The van der Waals surface area contributed by atoms with Crippen molar-refractivity contribution in [2.75, 3.05) is 92.5 Å². The molecule has 2 unspecified atom stereocenters. The molecule has 364 valence electrons. The van der Waals surface area contributed by atoms with Crippen LogP contribution in [0.3, 0.4) is 0 Å². The van der Waals surface area contributed by atoms with Crippen LogP contribution in [0.4, 0.5) is 0 Å². The summed E-state index contributed by atoms with van der Waals surface area (Å²) in [5.74, 6) is 0.217. The van der Waals surface area contributed by atoms with E-state index in [-0.39, 0.29) is 37.3 Å². The van der Waals surface area contributed by atoms with Gasteiger partial charge in [-0.1, -0.05) is 99.8 Å². The van der Waals surface area contributed by atoms with Crippen molar-refractivity contribution >= 4 is 11.9 Å². The maximum atomic E-state index is 12.6. The first-order valence-corrected chi connectivity index (χ1v) is 23.9. The normalized spacial score (nSPS) is 16.8. The summed E-state index contributed by atoms with van der Waals surface area (Å²) < 4.78 is 58.3. The second kappa shape index (κ2) is 23.8. The Morgan fingerprint density at radius 1 is 0.544 bits per heavy atom. The highest BCUT2D eigenvalue weighted by molar-refractivity contribution is 5.88. The average molecular weight is 933 g/mol. The third-order valence-electron chi connectivity index (χ3n) is 13.3. The lowest BCUT2D eigenvalue weighted by molar-refractivity contribution is -0.156. The zero-order valence-corrected chi connectivity index (χ0v) is 40.2. The van der Waals surface area contributed by atoms with Crippen LogP contribution in [0.5, 0.6) is 11.5 Å². The van der Waals surface area contributed by atoms with Gasteiger partial charge in [-0.2, -0.15) is 0 Å². The van der Waals surface area contributed by atoms with Gasteiger partial charge in [0.2, 0.25) is 0 Å². The number of carbonyl (C=O) groups is 2. The fourth-order valence-corrected chi connectivity index (χ4v) is 8.78. The zero-order chi connectivity index (χ0) is 48.0. The van der Waals surface area contributed by atoms with Crippen LogP contribution in [0.25, 0.3) is 11.1 Å². The molecule has 4 aromatic carbocycles.